The molecule has 1 aromatic rings. The highest BCUT2D eigenvalue weighted by Gasteiger charge is 2.15. The summed E-state index contributed by atoms with van der Waals surface area (Å²) in [5, 5.41) is 0. The van der Waals surface area contributed by atoms with Gasteiger partial charge in [-0.15, -0.1) is 0 Å². The number of ether oxygens (including phenoxy) is 1. The Morgan fingerprint density at radius 3 is 2.50 bits per heavy atom. The third kappa shape index (κ3) is 3.32. The largest absolute Gasteiger partial charge is 0.380 e. The molecule has 0 aliphatic carbocycles. The molecule has 0 fully saturated rings. The lowest BCUT2D eigenvalue weighted by Gasteiger charge is -2.13. The van der Waals surface area contributed by atoms with Crippen molar-refractivity contribution in [1.82, 2.24) is 0 Å². The second kappa shape index (κ2) is 6.25. The molecule has 1 aromatic carbocycles. The maximum absolute atomic E-state index is 11.1. The van der Waals surface area contributed by atoms with Gasteiger partial charge < -0.3 is 16.2 Å². The number of carbonyl (C=O) groups is 1. The van der Waals surface area contributed by atoms with Crippen molar-refractivity contribution in [2.24, 2.45) is 17.4 Å². The second-order valence-electron chi connectivity index (χ2n) is 3.74. The third-order valence-corrected chi connectivity index (χ3v) is 2.57. The summed E-state index contributed by atoms with van der Waals surface area (Å²) in [5.41, 5.74) is 12.9. The first kappa shape index (κ1) is 12.7. The zero-order valence-corrected chi connectivity index (χ0v) is 9.48. The minimum absolute atomic E-state index is 0.274. The van der Waals surface area contributed by atoms with Crippen molar-refractivity contribution in [3.8, 4) is 0 Å². The van der Waals surface area contributed by atoms with Gasteiger partial charge in [-0.2, -0.15) is 0 Å². The molecule has 1 rings (SSSR count). The van der Waals surface area contributed by atoms with Crippen LogP contribution in [0.3, 0.4) is 0 Å². The fourth-order valence-electron chi connectivity index (χ4n) is 1.62. The number of hydrogen-bond donors (Lipinski definition) is 2. The molecule has 0 saturated carbocycles. The number of hydrogen-bond acceptors (Lipinski definition) is 3. The molecular weight excluding hydrogens is 204 g/mol. The molecule has 4 heteroatoms. The van der Waals surface area contributed by atoms with Crippen molar-refractivity contribution in [3.63, 3.8) is 0 Å². The van der Waals surface area contributed by atoms with Gasteiger partial charge >= 0.3 is 0 Å². The predicted octanol–water partition coefficient (Wildman–Crippen LogP) is 0.436. The Bertz CT molecular complexity index is 353. The van der Waals surface area contributed by atoms with Crippen LogP contribution >= 0.6 is 0 Å². The quantitative estimate of drug-likeness (QED) is 0.733. The third-order valence-electron chi connectivity index (χ3n) is 2.57. The Balaban J connectivity index is 2.82. The zero-order chi connectivity index (χ0) is 12.0. The van der Waals surface area contributed by atoms with Gasteiger partial charge in [-0.25, -0.2) is 0 Å². The van der Waals surface area contributed by atoms with Crippen molar-refractivity contribution in [2.75, 3.05) is 13.7 Å². The van der Waals surface area contributed by atoms with Crippen LogP contribution in [0.25, 0.3) is 0 Å². The van der Waals surface area contributed by atoms with Crippen molar-refractivity contribution >= 4 is 5.91 Å². The van der Waals surface area contributed by atoms with Crippen LogP contribution in [0.2, 0.25) is 0 Å². The minimum atomic E-state index is -0.352. The van der Waals surface area contributed by atoms with E-state index in [9.17, 15) is 4.79 Å². The van der Waals surface area contributed by atoms with Crippen molar-refractivity contribution < 1.29 is 9.53 Å². The molecule has 4 nitrogen and oxygen atoms in total. The molecule has 0 heterocycles. The summed E-state index contributed by atoms with van der Waals surface area (Å²) < 4.78 is 5.10. The average molecular weight is 222 g/mol. The maximum Gasteiger partial charge on any atom is 0.222 e. The van der Waals surface area contributed by atoms with Crippen LogP contribution in [0.15, 0.2) is 24.3 Å². The van der Waals surface area contributed by atoms with Gasteiger partial charge in [-0.05, 0) is 17.5 Å². The van der Waals surface area contributed by atoms with E-state index in [1.54, 1.807) is 7.11 Å². The molecule has 16 heavy (non-hydrogen) atoms. The highest BCUT2D eigenvalue weighted by atomic mass is 16.5. The van der Waals surface area contributed by atoms with Crippen LogP contribution in [-0.2, 0) is 22.6 Å². The Labute approximate surface area is 95.6 Å². The van der Waals surface area contributed by atoms with E-state index < -0.39 is 0 Å². The summed E-state index contributed by atoms with van der Waals surface area (Å²) in [6, 6.07) is 7.83. The summed E-state index contributed by atoms with van der Waals surface area (Å²) in [6.07, 6.45) is 0.575. The van der Waals surface area contributed by atoms with Gasteiger partial charge in [-0.1, -0.05) is 24.3 Å². The van der Waals surface area contributed by atoms with Crippen LogP contribution in [0, 0.1) is 5.92 Å². The fourth-order valence-corrected chi connectivity index (χ4v) is 1.62. The zero-order valence-electron chi connectivity index (χ0n) is 9.48. The van der Waals surface area contributed by atoms with Gasteiger partial charge in [0, 0.05) is 13.7 Å². The molecule has 1 atom stereocenters. The van der Waals surface area contributed by atoms with Crippen LogP contribution in [0.4, 0.5) is 0 Å². The number of carbonyl (C=O) groups excluding carboxylic acids is 1. The normalized spacial score (nSPS) is 12.4. The summed E-state index contributed by atoms with van der Waals surface area (Å²) in [5.74, 6) is -0.660. The first-order valence-electron chi connectivity index (χ1n) is 5.24. The van der Waals surface area contributed by atoms with E-state index in [0.717, 1.165) is 11.1 Å². The maximum atomic E-state index is 11.1. The summed E-state index contributed by atoms with van der Waals surface area (Å²) >= 11 is 0. The molecule has 0 aliphatic rings. The number of nitrogens with two attached hydrogens (primary N) is 2. The Hall–Kier alpha value is -1.39. The number of amides is 1. The molecule has 88 valence electrons. The standard InChI is InChI=1S/C12H18N2O2/c1-16-8-10-5-3-2-4-9(10)6-11(7-13)12(14)15/h2-5,11H,6-8,13H2,1H3,(H2,14,15). The number of benzene rings is 1. The molecule has 4 N–H and O–H groups in total. The van der Waals surface area contributed by atoms with Crippen molar-refractivity contribution in [3.05, 3.63) is 35.4 Å². The Morgan fingerprint density at radius 2 is 2.00 bits per heavy atom. The van der Waals surface area contributed by atoms with E-state index >= 15 is 0 Å². The van der Waals surface area contributed by atoms with Crippen molar-refractivity contribution in [1.29, 1.82) is 0 Å². The van der Waals surface area contributed by atoms with Gasteiger partial charge in [0.1, 0.15) is 0 Å². The van der Waals surface area contributed by atoms with Gasteiger partial charge in [0.15, 0.2) is 0 Å². The SMILES string of the molecule is COCc1ccccc1CC(CN)C(N)=O. The minimum Gasteiger partial charge on any atom is -0.380 e. The summed E-state index contributed by atoms with van der Waals surface area (Å²) in [4.78, 5) is 11.1. The molecule has 1 amide bonds. The molecule has 0 spiro atoms. The van der Waals surface area contributed by atoms with Crippen LogP contribution in [0.1, 0.15) is 11.1 Å². The second-order valence-corrected chi connectivity index (χ2v) is 3.74. The highest BCUT2D eigenvalue weighted by molar-refractivity contribution is 5.77. The monoisotopic (exact) mass is 222 g/mol. The van der Waals surface area contributed by atoms with E-state index in [1.807, 2.05) is 24.3 Å². The van der Waals surface area contributed by atoms with E-state index in [1.165, 1.54) is 0 Å². The molecule has 0 radical (unpaired) electrons. The molecular formula is C12H18N2O2. The first-order chi connectivity index (χ1) is 7.69. The highest BCUT2D eigenvalue weighted by Crippen LogP contribution is 2.14. The molecule has 0 bridgehead atoms. The van der Waals surface area contributed by atoms with Crippen LogP contribution in [0.5, 0.6) is 0 Å². The Kier molecular flexibility index (Phi) is 4.95. The lowest BCUT2D eigenvalue weighted by molar-refractivity contribution is -0.121. The topological polar surface area (TPSA) is 78.3 Å². The van der Waals surface area contributed by atoms with Crippen LogP contribution < -0.4 is 11.5 Å². The van der Waals surface area contributed by atoms with Gasteiger partial charge in [-0.3, -0.25) is 4.79 Å². The van der Waals surface area contributed by atoms with E-state index in [0.29, 0.717) is 13.0 Å². The van der Waals surface area contributed by atoms with E-state index in [2.05, 4.69) is 0 Å². The van der Waals surface area contributed by atoms with E-state index in [-0.39, 0.29) is 18.4 Å². The average Bonchev–Trinajstić information content (AvgIpc) is 2.27. The summed E-state index contributed by atoms with van der Waals surface area (Å²) in [7, 11) is 1.64. The van der Waals surface area contributed by atoms with Gasteiger partial charge in [0.25, 0.3) is 0 Å². The lowest BCUT2D eigenvalue weighted by Crippen LogP contribution is -2.31. The van der Waals surface area contributed by atoms with Gasteiger partial charge in [0.05, 0.1) is 12.5 Å². The Morgan fingerprint density at radius 1 is 1.38 bits per heavy atom. The molecule has 1 unspecified atom stereocenters. The molecule has 0 saturated heterocycles. The fraction of sp³-hybridized carbons (Fsp3) is 0.417. The van der Waals surface area contributed by atoms with Crippen LogP contribution in [-0.4, -0.2) is 19.6 Å². The smallest absolute Gasteiger partial charge is 0.222 e. The predicted molar refractivity (Wildman–Crippen MR) is 62.6 cm³/mol. The van der Waals surface area contributed by atoms with Crippen molar-refractivity contribution in [2.45, 2.75) is 13.0 Å². The van der Waals surface area contributed by atoms with Gasteiger partial charge in [0.2, 0.25) is 5.91 Å². The number of methoxy groups -OCH3 is 1. The first-order valence-corrected chi connectivity index (χ1v) is 5.24. The number of rotatable bonds is 6. The van der Waals surface area contributed by atoms with E-state index in [4.69, 9.17) is 16.2 Å². The lowest BCUT2D eigenvalue weighted by atomic mass is 9.95. The molecule has 0 aliphatic heterocycles. The summed E-state index contributed by atoms with van der Waals surface area (Å²) in [6.45, 7) is 0.808. The molecule has 0 aromatic heterocycles. The number of primary amides is 1.